The fourth-order valence-corrected chi connectivity index (χ4v) is 3.39. The van der Waals surface area contributed by atoms with Crippen LogP contribution >= 0.6 is 0 Å². The lowest BCUT2D eigenvalue weighted by Crippen LogP contribution is -2.47. The third-order valence-electron chi connectivity index (χ3n) is 4.47. The van der Waals surface area contributed by atoms with Crippen molar-refractivity contribution in [1.29, 1.82) is 0 Å². The van der Waals surface area contributed by atoms with E-state index in [9.17, 15) is 0 Å². The summed E-state index contributed by atoms with van der Waals surface area (Å²) in [7, 11) is 1.74. The second-order valence-electron chi connectivity index (χ2n) is 5.47. The number of methoxy groups -OCH3 is 1. The first kappa shape index (κ1) is 10.4. The van der Waals surface area contributed by atoms with Crippen LogP contribution in [0.4, 0.5) is 0 Å². The first-order chi connectivity index (χ1) is 8.85. The smallest absolute Gasteiger partial charge is 0.121 e. The maximum atomic E-state index is 5.40. The highest BCUT2D eigenvalue weighted by molar-refractivity contribution is 5.89. The Hall–Kier alpha value is -1.48. The molecular weight excluding hydrogens is 224 g/mol. The summed E-state index contributed by atoms with van der Waals surface area (Å²) in [4.78, 5) is 6.00. The number of benzene rings is 1. The minimum absolute atomic E-state index is 0.692. The molecule has 3 heteroatoms. The Bertz CT molecular complexity index is 598. The third kappa shape index (κ3) is 1.40. The highest BCUT2D eigenvalue weighted by atomic mass is 16.5. The summed E-state index contributed by atoms with van der Waals surface area (Å²) >= 11 is 0. The normalized spacial score (nSPS) is 23.1. The predicted molar refractivity (Wildman–Crippen MR) is 72.2 cm³/mol. The summed E-state index contributed by atoms with van der Waals surface area (Å²) in [6.07, 6.45) is 5.90. The van der Waals surface area contributed by atoms with Gasteiger partial charge in [0.2, 0.25) is 0 Å². The van der Waals surface area contributed by atoms with Crippen LogP contribution in [0.2, 0.25) is 0 Å². The zero-order valence-electron chi connectivity index (χ0n) is 10.7. The van der Waals surface area contributed by atoms with Crippen LogP contribution in [0.3, 0.4) is 0 Å². The fraction of sp³-hybridized carbons (Fsp3) is 0.467. The van der Waals surface area contributed by atoms with Crippen LogP contribution in [0.25, 0.3) is 10.9 Å². The van der Waals surface area contributed by atoms with Gasteiger partial charge >= 0.3 is 0 Å². The minimum Gasteiger partial charge on any atom is -0.497 e. The lowest BCUT2D eigenvalue weighted by Gasteiger charge is -2.40. The van der Waals surface area contributed by atoms with Gasteiger partial charge in [0.05, 0.1) is 7.11 Å². The topological polar surface area (TPSA) is 28.3 Å². The molecule has 1 aromatic carbocycles. The van der Waals surface area contributed by atoms with E-state index in [0.717, 1.165) is 5.75 Å². The van der Waals surface area contributed by atoms with E-state index < -0.39 is 0 Å². The second-order valence-corrected chi connectivity index (χ2v) is 5.47. The number of aromatic nitrogens is 1. The van der Waals surface area contributed by atoms with Gasteiger partial charge in [-0.2, -0.15) is 0 Å². The summed E-state index contributed by atoms with van der Waals surface area (Å²) in [5.41, 5.74) is 4.15. The van der Waals surface area contributed by atoms with Gasteiger partial charge in [0.15, 0.2) is 0 Å². The van der Waals surface area contributed by atoms with E-state index in [0.29, 0.717) is 6.04 Å². The lowest BCUT2D eigenvalue weighted by atomic mass is 9.87. The first-order valence-electron chi connectivity index (χ1n) is 6.76. The van der Waals surface area contributed by atoms with Crippen molar-refractivity contribution in [2.45, 2.75) is 25.3 Å². The fourth-order valence-electron chi connectivity index (χ4n) is 3.39. The van der Waals surface area contributed by atoms with E-state index >= 15 is 0 Å². The number of nitrogens with zero attached hydrogens (tertiary/aromatic N) is 1. The van der Waals surface area contributed by atoms with Gasteiger partial charge in [-0.15, -0.1) is 0 Å². The van der Waals surface area contributed by atoms with E-state index in [4.69, 9.17) is 4.74 Å². The number of H-pyrrole nitrogens is 1. The molecule has 2 aliphatic rings. The summed E-state index contributed by atoms with van der Waals surface area (Å²) < 4.78 is 5.40. The molecule has 1 atom stereocenters. The molecule has 0 bridgehead atoms. The highest BCUT2D eigenvalue weighted by Gasteiger charge is 2.29. The van der Waals surface area contributed by atoms with Crippen molar-refractivity contribution in [2.24, 2.45) is 0 Å². The second kappa shape index (κ2) is 3.75. The minimum atomic E-state index is 0.692. The molecule has 1 unspecified atom stereocenters. The Morgan fingerprint density at radius 2 is 2.06 bits per heavy atom. The first-order valence-corrected chi connectivity index (χ1v) is 6.76. The van der Waals surface area contributed by atoms with E-state index in [1.54, 1.807) is 7.11 Å². The number of rotatable bonds is 2. The molecule has 94 valence electrons. The van der Waals surface area contributed by atoms with Crippen LogP contribution in [-0.4, -0.2) is 36.1 Å². The number of nitrogens with one attached hydrogen (secondary N) is 1. The Morgan fingerprint density at radius 1 is 1.22 bits per heavy atom. The summed E-state index contributed by atoms with van der Waals surface area (Å²) in [6.45, 7) is 2.55. The zero-order valence-corrected chi connectivity index (χ0v) is 10.7. The monoisotopic (exact) mass is 242 g/mol. The standard InChI is InChI=1S/C15H18N2O/c1-18-13-7-10-5-12(17-3-2-4-17)6-11-9-16-14(8-13)15(10)11/h7-9,12,16H,2-6H2,1H3. The Labute approximate surface area is 107 Å². The predicted octanol–water partition coefficient (Wildman–Crippen LogP) is 2.35. The molecule has 1 N–H and O–H groups in total. The molecule has 1 fully saturated rings. The van der Waals surface area contributed by atoms with Crippen LogP contribution in [0.5, 0.6) is 5.75 Å². The molecule has 0 amide bonds. The van der Waals surface area contributed by atoms with Gasteiger partial charge < -0.3 is 9.72 Å². The van der Waals surface area contributed by atoms with Crippen molar-refractivity contribution in [1.82, 2.24) is 9.88 Å². The van der Waals surface area contributed by atoms with Crippen LogP contribution < -0.4 is 4.74 Å². The summed E-state index contributed by atoms with van der Waals surface area (Å²) in [6, 6.07) is 5.01. The number of aromatic amines is 1. The van der Waals surface area contributed by atoms with Crippen LogP contribution in [0.1, 0.15) is 17.5 Å². The molecule has 0 saturated carbocycles. The average molecular weight is 242 g/mol. The maximum Gasteiger partial charge on any atom is 0.121 e. The van der Waals surface area contributed by atoms with Gasteiger partial charge in [0, 0.05) is 29.2 Å². The van der Waals surface area contributed by atoms with Crippen molar-refractivity contribution in [2.75, 3.05) is 20.2 Å². The van der Waals surface area contributed by atoms with Crippen LogP contribution in [-0.2, 0) is 12.8 Å². The largest absolute Gasteiger partial charge is 0.497 e. The molecule has 1 saturated heterocycles. The van der Waals surface area contributed by atoms with Gasteiger partial charge in [0.1, 0.15) is 5.75 Å². The average Bonchev–Trinajstić information content (AvgIpc) is 2.71. The van der Waals surface area contributed by atoms with E-state index in [-0.39, 0.29) is 0 Å². The SMILES string of the molecule is COc1cc2c3c(c[nH]c3c1)CC(N1CCC1)C2. The third-order valence-corrected chi connectivity index (χ3v) is 4.47. The van der Waals surface area contributed by atoms with Gasteiger partial charge in [-0.05, 0) is 49.5 Å². The van der Waals surface area contributed by atoms with Gasteiger partial charge in [-0.25, -0.2) is 0 Å². The molecule has 1 aromatic heterocycles. The number of hydrogen-bond acceptors (Lipinski definition) is 2. The van der Waals surface area contributed by atoms with Crippen molar-refractivity contribution < 1.29 is 4.74 Å². The molecule has 1 aliphatic heterocycles. The van der Waals surface area contributed by atoms with E-state index in [1.165, 1.54) is 54.4 Å². The Morgan fingerprint density at radius 3 is 2.78 bits per heavy atom. The molecule has 3 nitrogen and oxygen atoms in total. The van der Waals surface area contributed by atoms with Crippen molar-refractivity contribution in [3.8, 4) is 5.75 Å². The van der Waals surface area contributed by atoms with E-state index in [2.05, 4.69) is 28.2 Å². The van der Waals surface area contributed by atoms with Crippen molar-refractivity contribution in [3.05, 3.63) is 29.5 Å². The number of likely N-dealkylation sites (tertiary alicyclic amines) is 1. The van der Waals surface area contributed by atoms with Gasteiger partial charge in [0.25, 0.3) is 0 Å². The molecule has 0 spiro atoms. The van der Waals surface area contributed by atoms with Gasteiger partial charge in [-0.1, -0.05) is 0 Å². The Kier molecular flexibility index (Phi) is 2.18. The molecule has 1 aliphatic carbocycles. The molecule has 4 rings (SSSR count). The maximum absolute atomic E-state index is 5.40. The molecule has 2 heterocycles. The number of hydrogen-bond donors (Lipinski definition) is 1. The van der Waals surface area contributed by atoms with Crippen molar-refractivity contribution >= 4 is 10.9 Å². The molecule has 0 radical (unpaired) electrons. The quantitative estimate of drug-likeness (QED) is 0.875. The zero-order chi connectivity index (χ0) is 12.1. The van der Waals surface area contributed by atoms with Gasteiger partial charge in [-0.3, -0.25) is 4.90 Å². The lowest BCUT2D eigenvalue weighted by molar-refractivity contribution is 0.116. The van der Waals surface area contributed by atoms with E-state index in [1.807, 2.05) is 0 Å². The molecule has 18 heavy (non-hydrogen) atoms. The van der Waals surface area contributed by atoms with Crippen molar-refractivity contribution in [3.63, 3.8) is 0 Å². The summed E-state index contributed by atoms with van der Waals surface area (Å²) in [5.74, 6) is 0.968. The number of ether oxygens (including phenoxy) is 1. The molecule has 2 aromatic rings. The molecular formula is C15H18N2O. The Balaban J connectivity index is 1.80. The highest BCUT2D eigenvalue weighted by Crippen LogP contribution is 2.35. The van der Waals surface area contributed by atoms with Crippen LogP contribution in [0.15, 0.2) is 18.3 Å². The summed E-state index contributed by atoms with van der Waals surface area (Å²) in [5, 5.41) is 1.44. The van der Waals surface area contributed by atoms with Crippen LogP contribution in [0, 0.1) is 0 Å².